The summed E-state index contributed by atoms with van der Waals surface area (Å²) >= 11 is 0. The minimum atomic E-state index is 0.630. The highest BCUT2D eigenvalue weighted by Crippen LogP contribution is 2.20. The van der Waals surface area contributed by atoms with Crippen LogP contribution in [0, 0.1) is 0 Å². The monoisotopic (exact) mass is 232 g/mol. The fourth-order valence-corrected chi connectivity index (χ4v) is 1.67. The summed E-state index contributed by atoms with van der Waals surface area (Å²) < 4.78 is 6.95. The van der Waals surface area contributed by atoms with Crippen molar-refractivity contribution < 1.29 is 4.74 Å². The van der Waals surface area contributed by atoms with Gasteiger partial charge in [0, 0.05) is 25.4 Å². The first-order valence-electron chi connectivity index (χ1n) is 5.35. The molecule has 0 saturated carbocycles. The van der Waals surface area contributed by atoms with Gasteiger partial charge < -0.3 is 15.8 Å². The predicted molar refractivity (Wildman–Crippen MR) is 67.9 cm³/mol. The zero-order valence-electron chi connectivity index (χ0n) is 9.97. The van der Waals surface area contributed by atoms with Crippen LogP contribution in [0.15, 0.2) is 30.5 Å². The van der Waals surface area contributed by atoms with E-state index in [0.29, 0.717) is 18.1 Å². The smallest absolute Gasteiger partial charge is 0.171 e. The maximum atomic E-state index is 5.80. The molecular weight excluding hydrogens is 216 g/mol. The molecule has 1 aromatic heterocycles. The zero-order chi connectivity index (χ0) is 12.3. The third kappa shape index (κ3) is 2.50. The molecule has 5 heteroatoms. The molecule has 0 aliphatic rings. The highest BCUT2D eigenvalue weighted by Gasteiger charge is 2.05. The molecule has 0 aliphatic carbocycles. The fourth-order valence-electron chi connectivity index (χ4n) is 1.67. The summed E-state index contributed by atoms with van der Waals surface area (Å²) in [6, 6.07) is 7.85. The molecule has 3 N–H and O–H groups in total. The van der Waals surface area contributed by atoms with Gasteiger partial charge >= 0.3 is 0 Å². The third-order valence-electron chi connectivity index (χ3n) is 2.50. The number of benzene rings is 1. The molecule has 0 aliphatic heterocycles. The first kappa shape index (κ1) is 11.3. The molecule has 5 nitrogen and oxygen atoms in total. The van der Waals surface area contributed by atoms with E-state index in [1.165, 1.54) is 0 Å². The van der Waals surface area contributed by atoms with Crippen molar-refractivity contribution >= 4 is 11.5 Å². The molecule has 1 aromatic carbocycles. The van der Waals surface area contributed by atoms with E-state index in [1.54, 1.807) is 18.0 Å². The SMILES string of the molecule is COc1ccccc1CNc1nn(C)cc1N. The van der Waals surface area contributed by atoms with Crippen LogP contribution in [0.5, 0.6) is 5.75 Å². The summed E-state index contributed by atoms with van der Waals surface area (Å²) in [5, 5.41) is 7.41. The lowest BCUT2D eigenvalue weighted by molar-refractivity contribution is 0.410. The Kier molecular flexibility index (Phi) is 3.18. The predicted octanol–water partition coefficient (Wildman–Crippen LogP) is 1.62. The number of anilines is 2. The Labute approximate surface area is 100 Å². The zero-order valence-corrected chi connectivity index (χ0v) is 9.97. The van der Waals surface area contributed by atoms with Gasteiger partial charge in [-0.2, -0.15) is 5.10 Å². The molecule has 0 saturated heterocycles. The van der Waals surface area contributed by atoms with E-state index in [2.05, 4.69) is 10.4 Å². The van der Waals surface area contributed by atoms with Gasteiger partial charge in [-0.25, -0.2) is 0 Å². The van der Waals surface area contributed by atoms with Crippen molar-refractivity contribution in [2.75, 3.05) is 18.2 Å². The Morgan fingerprint density at radius 1 is 1.41 bits per heavy atom. The van der Waals surface area contributed by atoms with Crippen LogP contribution in [-0.4, -0.2) is 16.9 Å². The van der Waals surface area contributed by atoms with E-state index >= 15 is 0 Å². The summed E-state index contributed by atoms with van der Waals surface area (Å²) in [6.07, 6.45) is 1.77. The average molecular weight is 232 g/mol. The second kappa shape index (κ2) is 4.78. The van der Waals surface area contributed by atoms with E-state index < -0.39 is 0 Å². The van der Waals surface area contributed by atoms with Crippen LogP contribution in [-0.2, 0) is 13.6 Å². The molecule has 0 amide bonds. The number of hydrogen-bond donors (Lipinski definition) is 2. The van der Waals surface area contributed by atoms with E-state index in [9.17, 15) is 0 Å². The maximum Gasteiger partial charge on any atom is 0.171 e. The first-order chi connectivity index (χ1) is 8.20. The largest absolute Gasteiger partial charge is 0.496 e. The Balaban J connectivity index is 2.09. The molecule has 0 radical (unpaired) electrons. The van der Waals surface area contributed by atoms with Gasteiger partial charge in [0.05, 0.1) is 12.8 Å². The Morgan fingerprint density at radius 2 is 2.18 bits per heavy atom. The van der Waals surface area contributed by atoms with Crippen molar-refractivity contribution in [3.05, 3.63) is 36.0 Å². The van der Waals surface area contributed by atoms with Gasteiger partial charge in [-0.1, -0.05) is 18.2 Å². The summed E-state index contributed by atoms with van der Waals surface area (Å²) in [6.45, 7) is 0.630. The quantitative estimate of drug-likeness (QED) is 0.840. The van der Waals surface area contributed by atoms with E-state index in [0.717, 1.165) is 11.3 Å². The summed E-state index contributed by atoms with van der Waals surface area (Å²) in [7, 11) is 3.50. The number of para-hydroxylation sites is 1. The van der Waals surface area contributed by atoms with Crippen LogP contribution in [0.25, 0.3) is 0 Å². The lowest BCUT2D eigenvalue weighted by atomic mass is 10.2. The van der Waals surface area contributed by atoms with Crippen LogP contribution in [0.3, 0.4) is 0 Å². The number of nitrogens with zero attached hydrogens (tertiary/aromatic N) is 2. The second-order valence-electron chi connectivity index (χ2n) is 3.77. The Morgan fingerprint density at radius 3 is 2.82 bits per heavy atom. The van der Waals surface area contributed by atoms with E-state index in [-0.39, 0.29) is 0 Å². The summed E-state index contributed by atoms with van der Waals surface area (Å²) in [5.74, 6) is 1.55. The highest BCUT2D eigenvalue weighted by atomic mass is 16.5. The van der Waals surface area contributed by atoms with Gasteiger partial charge in [-0.15, -0.1) is 0 Å². The van der Waals surface area contributed by atoms with Gasteiger partial charge in [0.25, 0.3) is 0 Å². The standard InChI is InChI=1S/C12H16N4O/c1-16-8-10(13)12(15-16)14-7-9-5-3-4-6-11(9)17-2/h3-6,8H,7,13H2,1-2H3,(H,14,15). The van der Waals surface area contributed by atoms with Gasteiger partial charge in [0.2, 0.25) is 0 Å². The van der Waals surface area contributed by atoms with E-state index in [4.69, 9.17) is 10.5 Å². The number of nitrogen functional groups attached to an aromatic ring is 1. The number of hydrogen-bond acceptors (Lipinski definition) is 4. The summed E-state index contributed by atoms with van der Waals surface area (Å²) in [4.78, 5) is 0. The molecule has 17 heavy (non-hydrogen) atoms. The molecule has 0 atom stereocenters. The number of aromatic nitrogens is 2. The minimum absolute atomic E-state index is 0.630. The topological polar surface area (TPSA) is 65.1 Å². The molecule has 90 valence electrons. The normalized spacial score (nSPS) is 10.2. The maximum absolute atomic E-state index is 5.80. The molecule has 0 unspecified atom stereocenters. The molecular formula is C12H16N4O. The van der Waals surface area contributed by atoms with Crippen LogP contribution in [0.1, 0.15) is 5.56 Å². The van der Waals surface area contributed by atoms with Gasteiger partial charge in [0.15, 0.2) is 5.82 Å². The third-order valence-corrected chi connectivity index (χ3v) is 2.50. The van der Waals surface area contributed by atoms with Crippen molar-refractivity contribution in [3.63, 3.8) is 0 Å². The lowest BCUT2D eigenvalue weighted by Crippen LogP contribution is -2.04. The summed E-state index contributed by atoms with van der Waals surface area (Å²) in [5.41, 5.74) is 7.51. The molecule has 2 rings (SSSR count). The van der Waals surface area contributed by atoms with Crippen molar-refractivity contribution in [1.29, 1.82) is 0 Å². The van der Waals surface area contributed by atoms with Crippen LogP contribution >= 0.6 is 0 Å². The number of nitrogens with two attached hydrogens (primary N) is 1. The Bertz CT molecular complexity index is 507. The van der Waals surface area contributed by atoms with Crippen molar-refractivity contribution in [1.82, 2.24) is 9.78 Å². The van der Waals surface area contributed by atoms with Crippen LogP contribution in [0.2, 0.25) is 0 Å². The van der Waals surface area contributed by atoms with Gasteiger partial charge in [-0.3, -0.25) is 4.68 Å². The molecule has 2 aromatic rings. The fraction of sp³-hybridized carbons (Fsp3) is 0.250. The van der Waals surface area contributed by atoms with Gasteiger partial charge in [0.1, 0.15) is 5.75 Å². The number of nitrogens with one attached hydrogen (secondary N) is 1. The number of rotatable bonds is 4. The highest BCUT2D eigenvalue weighted by molar-refractivity contribution is 5.60. The van der Waals surface area contributed by atoms with Crippen LogP contribution in [0.4, 0.5) is 11.5 Å². The number of methoxy groups -OCH3 is 1. The minimum Gasteiger partial charge on any atom is -0.496 e. The molecule has 0 spiro atoms. The average Bonchev–Trinajstić information content (AvgIpc) is 2.65. The first-order valence-corrected chi connectivity index (χ1v) is 5.35. The van der Waals surface area contributed by atoms with Crippen molar-refractivity contribution in [3.8, 4) is 5.75 Å². The van der Waals surface area contributed by atoms with Crippen LogP contribution < -0.4 is 15.8 Å². The Hall–Kier alpha value is -2.17. The van der Waals surface area contributed by atoms with Crippen molar-refractivity contribution in [2.24, 2.45) is 7.05 Å². The molecule has 0 fully saturated rings. The molecule has 1 heterocycles. The van der Waals surface area contributed by atoms with Gasteiger partial charge in [-0.05, 0) is 6.07 Å². The number of ether oxygens (including phenoxy) is 1. The van der Waals surface area contributed by atoms with Crippen molar-refractivity contribution in [2.45, 2.75) is 6.54 Å². The lowest BCUT2D eigenvalue weighted by Gasteiger charge is -2.09. The van der Waals surface area contributed by atoms with E-state index in [1.807, 2.05) is 31.3 Å². The molecule has 0 bridgehead atoms. The number of aryl methyl sites for hydroxylation is 1. The second-order valence-corrected chi connectivity index (χ2v) is 3.77.